The summed E-state index contributed by atoms with van der Waals surface area (Å²) in [4.78, 5) is 15.6. The van der Waals surface area contributed by atoms with E-state index < -0.39 is 18.1 Å². The summed E-state index contributed by atoms with van der Waals surface area (Å²) in [6, 6.07) is 1.52. The van der Waals surface area contributed by atoms with Crippen molar-refractivity contribution in [3.63, 3.8) is 0 Å². The molecule has 0 aliphatic rings. The summed E-state index contributed by atoms with van der Waals surface area (Å²) in [6.07, 6.45) is 2.90. The van der Waals surface area contributed by atoms with Gasteiger partial charge in [-0.3, -0.25) is 9.78 Å². The van der Waals surface area contributed by atoms with E-state index in [1.165, 1.54) is 32.5 Å². The number of hydrogen-bond donors (Lipinski definition) is 3. The molecule has 17 heavy (non-hydrogen) atoms. The zero-order valence-corrected chi connectivity index (χ0v) is 9.80. The second-order valence-electron chi connectivity index (χ2n) is 3.91. The monoisotopic (exact) mass is 240 g/mol. The molecule has 6 heteroatoms. The van der Waals surface area contributed by atoms with Gasteiger partial charge in [0.25, 0.3) is 5.91 Å². The lowest BCUT2D eigenvalue weighted by atomic mass is 10.1. The van der Waals surface area contributed by atoms with Crippen LogP contribution in [0.1, 0.15) is 17.3 Å². The fourth-order valence-electron chi connectivity index (χ4n) is 1.15. The molecule has 6 nitrogen and oxygen atoms in total. The van der Waals surface area contributed by atoms with E-state index in [0.717, 1.165) is 0 Å². The molecule has 94 valence electrons. The van der Waals surface area contributed by atoms with E-state index >= 15 is 0 Å². The Balaban J connectivity index is 2.70. The van der Waals surface area contributed by atoms with Crippen LogP contribution >= 0.6 is 0 Å². The van der Waals surface area contributed by atoms with E-state index in [9.17, 15) is 9.90 Å². The Labute approximate surface area is 99.3 Å². The Kier molecular flexibility index (Phi) is 4.42. The fourth-order valence-corrected chi connectivity index (χ4v) is 1.15. The molecule has 3 N–H and O–H groups in total. The van der Waals surface area contributed by atoms with Gasteiger partial charge in [-0.05, 0) is 13.0 Å². The minimum Gasteiger partial charge on any atom is -0.494 e. The molecular weight excluding hydrogens is 224 g/mol. The average Bonchev–Trinajstić information content (AvgIpc) is 2.36. The van der Waals surface area contributed by atoms with Crippen molar-refractivity contribution in [1.29, 1.82) is 0 Å². The van der Waals surface area contributed by atoms with E-state index in [2.05, 4.69) is 10.3 Å². The highest BCUT2D eigenvalue weighted by atomic mass is 16.5. The van der Waals surface area contributed by atoms with E-state index in [4.69, 9.17) is 9.84 Å². The van der Waals surface area contributed by atoms with Gasteiger partial charge in [0, 0.05) is 12.7 Å². The van der Waals surface area contributed by atoms with Crippen LogP contribution in [0.15, 0.2) is 18.5 Å². The quantitative estimate of drug-likeness (QED) is 0.649. The molecule has 0 saturated heterocycles. The number of carbonyl (C=O) groups excluding carboxylic acids is 1. The molecule has 1 unspecified atom stereocenters. The number of nitrogens with one attached hydrogen (secondary N) is 1. The van der Waals surface area contributed by atoms with Crippen LogP contribution in [0, 0.1) is 0 Å². The third kappa shape index (κ3) is 3.69. The molecule has 1 amide bonds. The molecule has 1 atom stereocenters. The van der Waals surface area contributed by atoms with E-state index in [0.29, 0.717) is 11.3 Å². The highest BCUT2D eigenvalue weighted by Gasteiger charge is 2.21. The maximum absolute atomic E-state index is 11.8. The third-order valence-electron chi connectivity index (χ3n) is 2.22. The first kappa shape index (κ1) is 13.4. The molecule has 0 saturated carbocycles. The van der Waals surface area contributed by atoms with Gasteiger partial charge in [0.2, 0.25) is 0 Å². The number of aliphatic hydroxyl groups is 2. The number of aromatic nitrogens is 1. The Hall–Kier alpha value is -1.66. The molecular formula is C11H16N2O4. The van der Waals surface area contributed by atoms with Crippen molar-refractivity contribution in [3.8, 4) is 5.75 Å². The van der Waals surface area contributed by atoms with Crippen molar-refractivity contribution >= 4 is 5.91 Å². The maximum Gasteiger partial charge on any atom is 0.255 e. The molecule has 0 fully saturated rings. The third-order valence-corrected chi connectivity index (χ3v) is 2.22. The molecule has 1 aromatic rings. The van der Waals surface area contributed by atoms with E-state index in [-0.39, 0.29) is 6.54 Å². The van der Waals surface area contributed by atoms with Crippen molar-refractivity contribution < 1.29 is 19.7 Å². The lowest BCUT2D eigenvalue weighted by Gasteiger charge is -2.20. The van der Waals surface area contributed by atoms with Crippen LogP contribution in [0.4, 0.5) is 0 Å². The summed E-state index contributed by atoms with van der Waals surface area (Å²) in [5.41, 5.74) is -1.01. The molecule has 0 aliphatic heterocycles. The molecule has 1 rings (SSSR count). The number of methoxy groups -OCH3 is 1. The highest BCUT2D eigenvalue weighted by molar-refractivity contribution is 5.96. The maximum atomic E-state index is 11.8. The smallest absolute Gasteiger partial charge is 0.255 e. The van der Waals surface area contributed by atoms with Crippen LogP contribution < -0.4 is 10.1 Å². The normalized spacial score (nSPS) is 13.9. The first-order valence-electron chi connectivity index (χ1n) is 5.09. The highest BCUT2D eigenvalue weighted by Crippen LogP contribution is 2.15. The summed E-state index contributed by atoms with van der Waals surface area (Å²) in [5.74, 6) is -0.0355. The summed E-state index contributed by atoms with van der Waals surface area (Å²) < 4.78 is 4.99. The lowest BCUT2D eigenvalue weighted by Crippen LogP contribution is -2.43. The van der Waals surface area contributed by atoms with Gasteiger partial charge in [0.1, 0.15) is 11.4 Å². The predicted molar refractivity (Wildman–Crippen MR) is 60.8 cm³/mol. The number of hydrogen-bond acceptors (Lipinski definition) is 5. The molecule has 1 aromatic heterocycles. The van der Waals surface area contributed by atoms with Crippen molar-refractivity contribution in [3.05, 3.63) is 24.0 Å². The van der Waals surface area contributed by atoms with Gasteiger partial charge in [-0.2, -0.15) is 0 Å². The van der Waals surface area contributed by atoms with Crippen LogP contribution in [-0.4, -0.2) is 47.0 Å². The van der Waals surface area contributed by atoms with Gasteiger partial charge in [-0.1, -0.05) is 0 Å². The van der Waals surface area contributed by atoms with E-state index in [1.807, 2.05) is 0 Å². The van der Waals surface area contributed by atoms with Gasteiger partial charge in [0.05, 0.1) is 25.5 Å². The lowest BCUT2D eigenvalue weighted by molar-refractivity contribution is 0.00318. The summed E-state index contributed by atoms with van der Waals surface area (Å²) in [7, 11) is 1.44. The zero-order valence-electron chi connectivity index (χ0n) is 9.80. The number of rotatable bonds is 5. The molecule has 0 radical (unpaired) electrons. The second-order valence-corrected chi connectivity index (χ2v) is 3.91. The largest absolute Gasteiger partial charge is 0.494 e. The molecule has 0 aliphatic carbocycles. The van der Waals surface area contributed by atoms with E-state index in [1.54, 1.807) is 0 Å². The standard InChI is InChI=1S/C11H16N2O4/c1-11(16,7-14)6-13-10(15)8-3-4-12-5-9(8)17-2/h3-5,14,16H,6-7H2,1-2H3,(H,13,15). The van der Waals surface area contributed by atoms with Gasteiger partial charge in [0.15, 0.2) is 0 Å². The van der Waals surface area contributed by atoms with Gasteiger partial charge in [-0.25, -0.2) is 0 Å². The predicted octanol–water partition coefficient (Wildman–Crippen LogP) is -0.437. The molecule has 0 bridgehead atoms. The number of ether oxygens (including phenoxy) is 1. The van der Waals surface area contributed by atoms with Crippen LogP contribution in [0.2, 0.25) is 0 Å². The number of amides is 1. The summed E-state index contributed by atoms with van der Waals surface area (Å²) in [6.45, 7) is 0.950. The van der Waals surface area contributed by atoms with Crippen LogP contribution in [0.3, 0.4) is 0 Å². The van der Waals surface area contributed by atoms with Crippen molar-refractivity contribution in [2.45, 2.75) is 12.5 Å². The molecule has 0 aromatic carbocycles. The Morgan fingerprint density at radius 3 is 2.94 bits per heavy atom. The number of nitrogens with zero attached hydrogens (tertiary/aromatic N) is 1. The first-order chi connectivity index (χ1) is 8.00. The van der Waals surface area contributed by atoms with Crippen LogP contribution in [-0.2, 0) is 0 Å². The minimum absolute atomic E-state index is 0.0478. The summed E-state index contributed by atoms with van der Waals surface area (Å²) >= 11 is 0. The minimum atomic E-state index is -1.34. The molecule has 0 spiro atoms. The number of carbonyl (C=O) groups is 1. The Morgan fingerprint density at radius 1 is 1.65 bits per heavy atom. The SMILES string of the molecule is COc1cnccc1C(=O)NCC(C)(O)CO. The van der Waals surface area contributed by atoms with Crippen LogP contribution in [0.25, 0.3) is 0 Å². The van der Waals surface area contributed by atoms with Gasteiger partial charge in [-0.15, -0.1) is 0 Å². The van der Waals surface area contributed by atoms with Crippen molar-refractivity contribution in [2.75, 3.05) is 20.3 Å². The fraction of sp³-hybridized carbons (Fsp3) is 0.455. The molecule has 1 heterocycles. The summed E-state index contributed by atoms with van der Waals surface area (Å²) in [5, 5.41) is 20.9. The van der Waals surface area contributed by atoms with Crippen molar-refractivity contribution in [1.82, 2.24) is 10.3 Å². The van der Waals surface area contributed by atoms with Crippen molar-refractivity contribution in [2.24, 2.45) is 0 Å². The second kappa shape index (κ2) is 5.60. The van der Waals surface area contributed by atoms with Gasteiger partial charge < -0.3 is 20.3 Å². The first-order valence-corrected chi connectivity index (χ1v) is 5.09. The Morgan fingerprint density at radius 2 is 2.35 bits per heavy atom. The number of pyridine rings is 1. The Bertz CT molecular complexity index is 393. The van der Waals surface area contributed by atoms with Gasteiger partial charge >= 0.3 is 0 Å². The topological polar surface area (TPSA) is 91.7 Å². The average molecular weight is 240 g/mol. The zero-order chi connectivity index (χ0) is 12.9. The van der Waals surface area contributed by atoms with Crippen LogP contribution in [0.5, 0.6) is 5.75 Å². The number of aliphatic hydroxyl groups excluding tert-OH is 1.